The molecule has 2 aliphatic heterocycles. The van der Waals surface area contributed by atoms with Crippen LogP contribution < -0.4 is 5.32 Å². The highest BCUT2D eigenvalue weighted by atomic mass is 35.5. The molecule has 4 rings (SSSR count). The largest absolute Gasteiger partial charge is 0.435 e. The monoisotopic (exact) mass is 433 g/mol. The molecule has 4 atom stereocenters. The van der Waals surface area contributed by atoms with Crippen molar-refractivity contribution in [2.24, 2.45) is 13.0 Å². The molecule has 2 bridgehead atoms. The maximum atomic E-state index is 13.1. The van der Waals surface area contributed by atoms with Crippen LogP contribution in [0.3, 0.4) is 0 Å². The molecule has 2 aliphatic rings. The number of nitrogens with one attached hydrogen (secondary N) is 1. The van der Waals surface area contributed by atoms with Gasteiger partial charge >= 0.3 is 6.18 Å². The van der Waals surface area contributed by atoms with E-state index < -0.39 is 23.7 Å². The quantitative estimate of drug-likeness (QED) is 0.766. The number of hydrogen-bond acceptors (Lipinski definition) is 3. The SMILES string of the molecule is Cn1nc(C(F)(F)F)cc1[C@H]1[C@H](C(=O)Nc2ccc(Cl)c(Cl)c2)[C@H]2CC[C@@H]1O2. The van der Waals surface area contributed by atoms with Gasteiger partial charge in [0.25, 0.3) is 0 Å². The minimum absolute atomic E-state index is 0.293. The van der Waals surface area contributed by atoms with Gasteiger partial charge in [-0.3, -0.25) is 9.48 Å². The van der Waals surface area contributed by atoms with E-state index in [-0.39, 0.29) is 18.1 Å². The van der Waals surface area contributed by atoms with E-state index in [1.54, 1.807) is 12.1 Å². The molecule has 5 nitrogen and oxygen atoms in total. The van der Waals surface area contributed by atoms with Crippen LogP contribution in [0.1, 0.15) is 30.1 Å². The van der Waals surface area contributed by atoms with Gasteiger partial charge in [0.05, 0.1) is 28.2 Å². The van der Waals surface area contributed by atoms with Crippen LogP contribution in [0, 0.1) is 5.92 Å². The summed E-state index contributed by atoms with van der Waals surface area (Å²) < 4.78 is 46.2. The van der Waals surface area contributed by atoms with Crippen molar-refractivity contribution < 1.29 is 22.7 Å². The van der Waals surface area contributed by atoms with E-state index in [0.29, 0.717) is 34.3 Å². The summed E-state index contributed by atoms with van der Waals surface area (Å²) in [6, 6.07) is 5.71. The van der Waals surface area contributed by atoms with Crippen LogP contribution in [0.15, 0.2) is 24.3 Å². The first-order valence-electron chi connectivity index (χ1n) is 8.67. The van der Waals surface area contributed by atoms with Gasteiger partial charge in [-0.05, 0) is 37.1 Å². The lowest BCUT2D eigenvalue weighted by molar-refractivity contribution is -0.141. The van der Waals surface area contributed by atoms with Crippen molar-refractivity contribution >= 4 is 34.8 Å². The highest BCUT2D eigenvalue weighted by Crippen LogP contribution is 2.49. The highest BCUT2D eigenvalue weighted by Gasteiger charge is 2.54. The maximum absolute atomic E-state index is 13.1. The molecule has 10 heteroatoms. The summed E-state index contributed by atoms with van der Waals surface area (Å²) in [6.07, 6.45) is -3.83. The number of alkyl halides is 3. The number of aromatic nitrogens is 2. The molecule has 1 aromatic heterocycles. The van der Waals surface area contributed by atoms with Crippen molar-refractivity contribution in [3.05, 3.63) is 45.7 Å². The summed E-state index contributed by atoms with van der Waals surface area (Å²) in [6.45, 7) is 0. The minimum atomic E-state index is -4.55. The van der Waals surface area contributed by atoms with Gasteiger partial charge < -0.3 is 10.1 Å². The second-order valence-electron chi connectivity index (χ2n) is 7.04. The third-order valence-electron chi connectivity index (χ3n) is 5.31. The zero-order chi connectivity index (χ0) is 20.2. The number of hydrogen-bond donors (Lipinski definition) is 1. The second-order valence-corrected chi connectivity index (χ2v) is 7.85. The molecule has 0 saturated carbocycles. The number of carbonyl (C=O) groups excluding carboxylic acids is 1. The highest BCUT2D eigenvalue weighted by molar-refractivity contribution is 6.42. The van der Waals surface area contributed by atoms with Gasteiger partial charge in [0.15, 0.2) is 5.69 Å². The van der Waals surface area contributed by atoms with E-state index in [2.05, 4.69) is 10.4 Å². The van der Waals surface area contributed by atoms with Crippen LogP contribution in [0.4, 0.5) is 18.9 Å². The number of rotatable bonds is 3. The van der Waals surface area contributed by atoms with E-state index in [4.69, 9.17) is 27.9 Å². The fourth-order valence-electron chi connectivity index (χ4n) is 4.12. The van der Waals surface area contributed by atoms with E-state index in [9.17, 15) is 18.0 Å². The van der Waals surface area contributed by atoms with Crippen LogP contribution in [0.25, 0.3) is 0 Å². The Hall–Kier alpha value is -1.77. The summed E-state index contributed by atoms with van der Waals surface area (Å²) in [7, 11) is 1.45. The molecule has 2 fully saturated rings. The Labute approximate surface area is 168 Å². The molecule has 0 aliphatic carbocycles. The average molecular weight is 434 g/mol. The van der Waals surface area contributed by atoms with Crippen molar-refractivity contribution in [3.63, 3.8) is 0 Å². The molecule has 1 aromatic carbocycles. The molecule has 3 heterocycles. The molecule has 150 valence electrons. The standard InChI is InChI=1S/C18H16Cl2F3N3O2/c1-26-11(7-14(25-26)18(21,22)23)15-12-4-5-13(28-12)16(15)17(27)24-8-2-3-9(19)10(20)6-8/h2-3,6-7,12-13,15-16H,4-5H2,1H3,(H,24,27)/t12-,13+,15+,16+/m0/s1. The minimum Gasteiger partial charge on any atom is -0.373 e. The molecule has 0 unspecified atom stereocenters. The third kappa shape index (κ3) is 3.38. The van der Waals surface area contributed by atoms with Gasteiger partial charge in [0.2, 0.25) is 5.91 Å². The number of carbonyl (C=O) groups is 1. The molecule has 0 radical (unpaired) electrons. The van der Waals surface area contributed by atoms with Gasteiger partial charge in [-0.2, -0.15) is 18.3 Å². The first-order valence-corrected chi connectivity index (χ1v) is 9.43. The molecule has 0 spiro atoms. The fraction of sp³-hybridized carbons (Fsp3) is 0.444. The second kappa shape index (κ2) is 6.93. The maximum Gasteiger partial charge on any atom is 0.435 e. The number of nitrogens with zero attached hydrogens (tertiary/aromatic N) is 2. The van der Waals surface area contributed by atoms with E-state index >= 15 is 0 Å². The zero-order valence-corrected chi connectivity index (χ0v) is 16.1. The Bertz CT molecular complexity index is 931. The lowest BCUT2D eigenvalue weighted by Gasteiger charge is -2.27. The number of ether oxygens (including phenoxy) is 1. The Morgan fingerprint density at radius 3 is 2.57 bits per heavy atom. The summed E-state index contributed by atoms with van der Waals surface area (Å²) in [5.41, 5.74) is -0.174. The van der Waals surface area contributed by atoms with E-state index in [1.165, 1.54) is 17.8 Å². The first-order chi connectivity index (χ1) is 13.1. The van der Waals surface area contributed by atoms with Gasteiger partial charge in [-0.25, -0.2) is 0 Å². The predicted octanol–water partition coefficient (Wildman–Crippen LogP) is 4.65. The van der Waals surface area contributed by atoms with Crippen molar-refractivity contribution in [1.29, 1.82) is 0 Å². The summed E-state index contributed by atoms with van der Waals surface area (Å²) in [5, 5.41) is 7.01. The molecule has 28 heavy (non-hydrogen) atoms. The Kier molecular flexibility index (Phi) is 4.84. The molecule has 2 saturated heterocycles. The lowest BCUT2D eigenvalue weighted by atomic mass is 9.76. The topological polar surface area (TPSA) is 56.2 Å². The Morgan fingerprint density at radius 2 is 1.93 bits per heavy atom. The zero-order valence-electron chi connectivity index (χ0n) is 14.6. The van der Waals surface area contributed by atoms with Crippen molar-refractivity contribution in [2.45, 2.75) is 37.1 Å². The molecular weight excluding hydrogens is 418 g/mol. The third-order valence-corrected chi connectivity index (χ3v) is 6.05. The normalized spacial score (nSPS) is 26.6. The molecule has 1 N–H and O–H groups in total. The summed E-state index contributed by atoms with van der Waals surface area (Å²) in [4.78, 5) is 13.0. The van der Waals surface area contributed by atoms with E-state index in [0.717, 1.165) is 6.07 Å². The Balaban J connectivity index is 1.63. The molecule has 2 aromatic rings. The van der Waals surface area contributed by atoms with Gasteiger partial charge in [0, 0.05) is 24.3 Å². The van der Waals surface area contributed by atoms with Crippen molar-refractivity contribution in [3.8, 4) is 0 Å². The molecule has 1 amide bonds. The van der Waals surface area contributed by atoms with Gasteiger partial charge in [-0.1, -0.05) is 23.2 Å². The lowest BCUT2D eigenvalue weighted by Crippen LogP contribution is -2.36. The van der Waals surface area contributed by atoms with Crippen LogP contribution in [0.5, 0.6) is 0 Å². The van der Waals surface area contributed by atoms with Gasteiger partial charge in [-0.15, -0.1) is 0 Å². The molecular formula is C18H16Cl2F3N3O2. The Morgan fingerprint density at radius 1 is 1.21 bits per heavy atom. The van der Waals surface area contributed by atoms with Crippen LogP contribution in [-0.4, -0.2) is 27.9 Å². The number of benzene rings is 1. The van der Waals surface area contributed by atoms with Gasteiger partial charge in [0.1, 0.15) is 0 Å². The number of halogens is 5. The smallest absolute Gasteiger partial charge is 0.373 e. The average Bonchev–Trinajstić information content (AvgIpc) is 3.31. The number of anilines is 1. The van der Waals surface area contributed by atoms with E-state index in [1.807, 2.05) is 0 Å². The van der Waals surface area contributed by atoms with Crippen molar-refractivity contribution in [1.82, 2.24) is 9.78 Å². The first kappa shape index (κ1) is 19.5. The summed E-state index contributed by atoms with van der Waals surface area (Å²) >= 11 is 11.9. The number of fused-ring (bicyclic) bond motifs is 2. The van der Waals surface area contributed by atoms with Crippen LogP contribution in [0.2, 0.25) is 10.0 Å². The predicted molar refractivity (Wildman–Crippen MR) is 97.4 cm³/mol. The van der Waals surface area contributed by atoms with Crippen LogP contribution >= 0.6 is 23.2 Å². The number of aryl methyl sites for hydroxylation is 1. The summed E-state index contributed by atoms with van der Waals surface area (Å²) in [5.74, 6) is -1.45. The van der Waals surface area contributed by atoms with Crippen LogP contribution in [-0.2, 0) is 22.8 Å². The van der Waals surface area contributed by atoms with Crippen molar-refractivity contribution in [2.75, 3.05) is 5.32 Å². The fourth-order valence-corrected chi connectivity index (χ4v) is 4.42. The number of amides is 1.